The van der Waals surface area contributed by atoms with Crippen LogP contribution in [-0.4, -0.2) is 19.8 Å². The molecule has 15 aromatic rings. The number of hydrogen-bond acceptors (Lipinski definition) is 4. The minimum Gasteiger partial charge on any atom is -0.481 e. The molecule has 0 radical (unpaired) electrons. The van der Waals surface area contributed by atoms with Crippen LogP contribution in [0.3, 0.4) is 0 Å². The highest BCUT2D eigenvalue weighted by molar-refractivity contribution is 5.92. The van der Waals surface area contributed by atoms with E-state index in [1.54, 1.807) is 0 Å². The van der Waals surface area contributed by atoms with Crippen molar-refractivity contribution in [2.24, 2.45) is 0 Å². The van der Waals surface area contributed by atoms with Gasteiger partial charge in [0.2, 0.25) is 0 Å². The number of hydrogen-bond donors (Lipinski definition) is 0. The third kappa shape index (κ3) is 11.6. The summed E-state index contributed by atoms with van der Waals surface area (Å²) in [6.07, 6.45) is 13.7. The molecule has 0 saturated heterocycles. The number of fused-ring (bicyclic) bond motifs is 9. The van der Waals surface area contributed by atoms with Crippen molar-refractivity contribution in [3.05, 3.63) is 428 Å². The number of rotatable bonds is 15. The molecule has 3 aliphatic rings. The Morgan fingerprint density at radius 2 is 0.440 bits per heavy atom. The molecule has 0 amide bonds. The molecule has 0 unspecified atom stereocenters. The summed E-state index contributed by atoms with van der Waals surface area (Å²) in [4.78, 5) is 2.44. The molecule has 15 aromatic carbocycles. The third-order valence-electron chi connectivity index (χ3n) is 22.4. The Hall–Kier alpha value is -13.8. The van der Waals surface area contributed by atoms with E-state index in [-0.39, 0.29) is 0 Å². The number of anilines is 3. The molecule has 18 rings (SSSR count). The van der Waals surface area contributed by atoms with Crippen LogP contribution in [0.4, 0.5) is 17.1 Å². The van der Waals surface area contributed by atoms with Crippen molar-refractivity contribution in [2.45, 2.75) is 37.0 Å². The maximum atomic E-state index is 6.12. The topological polar surface area (TPSA) is 30.9 Å². The van der Waals surface area contributed by atoms with Crippen molar-refractivity contribution in [2.75, 3.05) is 24.7 Å². The lowest BCUT2D eigenvalue weighted by Gasteiger charge is -2.39. The van der Waals surface area contributed by atoms with E-state index in [9.17, 15) is 0 Å². The molecule has 0 N–H and O–H groups in total. The van der Waals surface area contributed by atoms with Crippen molar-refractivity contribution in [3.63, 3.8) is 0 Å². The lowest BCUT2D eigenvalue weighted by atomic mass is 9.63. The largest absolute Gasteiger partial charge is 0.481 e. The predicted molar refractivity (Wildman–Crippen MR) is 452 cm³/mol. The number of nitrogens with zero attached hydrogens (tertiary/aromatic N) is 1. The fourth-order valence-electron chi connectivity index (χ4n) is 17.5. The van der Waals surface area contributed by atoms with E-state index in [1.165, 1.54) is 33.4 Å². The lowest BCUT2D eigenvalue weighted by molar-refractivity contribution is 0.370. The molecule has 0 aromatic heterocycles. The summed E-state index contributed by atoms with van der Waals surface area (Å²) in [6.45, 7) is 6.52. The average molecular weight is 1400 g/mol. The van der Waals surface area contributed by atoms with Crippen LogP contribution < -0.4 is 19.1 Å². The van der Waals surface area contributed by atoms with Crippen molar-refractivity contribution < 1.29 is 14.2 Å². The molecule has 0 heterocycles. The molecule has 0 saturated carbocycles. The first-order valence-electron chi connectivity index (χ1n) is 37.3. The van der Waals surface area contributed by atoms with E-state index in [0.29, 0.717) is 19.8 Å². The highest BCUT2D eigenvalue weighted by atomic mass is 16.5. The van der Waals surface area contributed by atoms with Crippen LogP contribution in [-0.2, 0) is 16.2 Å². The van der Waals surface area contributed by atoms with E-state index in [0.717, 1.165) is 133 Å². The predicted octanol–water partition coefficient (Wildman–Crippen LogP) is 24.4. The van der Waals surface area contributed by atoms with Crippen molar-refractivity contribution in [3.8, 4) is 52.8 Å². The standard InChI is InChI=1S/C105H75NO3/c1-4-7-64-107-94-61-43-79-67-88(46-40-82(79)70-94)103(97-28-16-10-22-73(97)34-35-74-23-11-17-29-98(74)103)85-49-55-91(56-50-85)106(92-57-51-86(52-58-92)104(89-47-41-83-71-95(108-65-8-5-2)62-44-80(83)68-89)99-30-18-12-24-75(99)36-37-76-25-13-19-31-100(76)104)93-59-53-87(54-60-93)105(90-48-42-84-72-96(109-66-9-6-3)63-45-81(84)69-90)101-32-20-14-26-77(101)38-39-78-27-15-21-33-102(78)105/h10-63,67-72H,64-66H2,1-3H3. The van der Waals surface area contributed by atoms with E-state index >= 15 is 0 Å². The monoisotopic (exact) mass is 1400 g/mol. The molecular formula is C105H75NO3. The molecule has 4 nitrogen and oxygen atoms in total. The zero-order chi connectivity index (χ0) is 73.3. The Balaban J connectivity index is 0.843. The molecule has 3 aliphatic carbocycles. The van der Waals surface area contributed by atoms with Gasteiger partial charge in [-0.15, -0.1) is 17.8 Å². The maximum absolute atomic E-state index is 6.12. The third-order valence-corrected chi connectivity index (χ3v) is 22.4. The summed E-state index contributed by atoms with van der Waals surface area (Å²) in [6, 6.07) is 122. The van der Waals surface area contributed by atoms with Crippen LogP contribution in [0.25, 0.3) is 68.8 Å². The van der Waals surface area contributed by atoms with E-state index in [4.69, 9.17) is 14.2 Å². The Morgan fingerprint density at radius 3 is 0.679 bits per heavy atom. The van der Waals surface area contributed by atoms with Gasteiger partial charge in [0, 0.05) is 17.1 Å². The van der Waals surface area contributed by atoms with Gasteiger partial charge in [-0.2, -0.15) is 0 Å². The van der Waals surface area contributed by atoms with Gasteiger partial charge in [-0.25, -0.2) is 0 Å². The molecule has 0 atom stereocenters. The zero-order valence-electron chi connectivity index (χ0n) is 60.9. The first-order chi connectivity index (χ1) is 53.9. The fraction of sp³-hybridized carbons (Fsp3) is 0.0857. The SMILES string of the molecule is CC#CCOc1ccc2cc(C3(c4ccc(N(c5ccc(C6(c7ccc8cc(OCC#CC)ccc8c7)c7ccccc7C=Cc7ccccc76)cc5)c5ccc(C6(c7ccc8cc(OCC#CC)ccc8c7)c7ccccc7C=Cc7ccccc76)cc5)cc4)c4ccccc4C=Cc4ccccc43)ccc2c1. The Kier molecular flexibility index (Phi) is 17.6. The molecule has 518 valence electrons. The quantitative estimate of drug-likeness (QED) is 0.0957. The van der Waals surface area contributed by atoms with Crippen LogP contribution in [0.2, 0.25) is 0 Å². The highest BCUT2D eigenvalue weighted by Crippen LogP contribution is 2.55. The summed E-state index contributed by atoms with van der Waals surface area (Å²) in [5.74, 6) is 20.4. The minimum atomic E-state index is -0.766. The number of ether oxygens (including phenoxy) is 3. The molecule has 109 heavy (non-hydrogen) atoms. The van der Waals surface area contributed by atoms with Crippen molar-refractivity contribution in [1.82, 2.24) is 0 Å². The Morgan fingerprint density at radius 1 is 0.229 bits per heavy atom. The summed E-state index contributed by atoms with van der Waals surface area (Å²) in [5.41, 5.74) is 21.8. The molecule has 0 bridgehead atoms. The molecule has 0 fully saturated rings. The second kappa shape index (κ2) is 28.6. The van der Waals surface area contributed by atoms with Gasteiger partial charge in [0.05, 0.1) is 16.2 Å². The van der Waals surface area contributed by atoms with Gasteiger partial charge in [0.15, 0.2) is 0 Å². The molecular weight excluding hydrogens is 1320 g/mol. The van der Waals surface area contributed by atoms with Gasteiger partial charge in [-0.05, 0) is 244 Å². The first-order valence-corrected chi connectivity index (χ1v) is 37.3. The summed E-state index contributed by atoms with van der Waals surface area (Å²) in [5, 5.41) is 6.63. The van der Waals surface area contributed by atoms with Gasteiger partial charge in [0.25, 0.3) is 0 Å². The highest BCUT2D eigenvalue weighted by Gasteiger charge is 2.46. The van der Waals surface area contributed by atoms with Gasteiger partial charge < -0.3 is 19.1 Å². The van der Waals surface area contributed by atoms with Gasteiger partial charge >= 0.3 is 0 Å². The Bertz CT molecular complexity index is 5610. The van der Waals surface area contributed by atoms with Gasteiger partial charge in [0.1, 0.15) is 37.1 Å². The van der Waals surface area contributed by atoms with Crippen LogP contribution in [0.1, 0.15) is 121 Å². The maximum Gasteiger partial charge on any atom is 0.149 e. The minimum absolute atomic E-state index is 0.334. The lowest BCUT2D eigenvalue weighted by Crippen LogP contribution is -2.32. The van der Waals surface area contributed by atoms with E-state index in [2.05, 4.69) is 404 Å². The second-order valence-electron chi connectivity index (χ2n) is 28.1. The molecule has 4 heteroatoms. The van der Waals surface area contributed by atoms with Crippen LogP contribution in [0.15, 0.2) is 328 Å². The van der Waals surface area contributed by atoms with Gasteiger partial charge in [-0.1, -0.05) is 291 Å². The summed E-state index contributed by atoms with van der Waals surface area (Å²) < 4.78 is 18.4. The van der Waals surface area contributed by atoms with Crippen LogP contribution >= 0.6 is 0 Å². The van der Waals surface area contributed by atoms with Gasteiger partial charge in [-0.3, -0.25) is 0 Å². The number of benzene rings is 15. The Labute approximate surface area is 638 Å². The van der Waals surface area contributed by atoms with Crippen LogP contribution in [0, 0.1) is 35.5 Å². The molecule has 0 spiro atoms. The summed E-state index contributed by atoms with van der Waals surface area (Å²) >= 11 is 0. The van der Waals surface area contributed by atoms with Crippen LogP contribution in [0.5, 0.6) is 17.2 Å². The zero-order valence-corrected chi connectivity index (χ0v) is 60.9. The summed E-state index contributed by atoms with van der Waals surface area (Å²) in [7, 11) is 0. The normalized spacial score (nSPS) is 13.5. The van der Waals surface area contributed by atoms with Crippen molar-refractivity contribution in [1.29, 1.82) is 0 Å². The van der Waals surface area contributed by atoms with E-state index in [1.807, 2.05) is 20.8 Å². The van der Waals surface area contributed by atoms with E-state index < -0.39 is 16.2 Å². The molecule has 0 aliphatic heterocycles. The van der Waals surface area contributed by atoms with Crippen molar-refractivity contribution >= 4 is 85.8 Å². The smallest absolute Gasteiger partial charge is 0.149 e. The average Bonchev–Trinajstić information content (AvgIpc) is 1.71. The first kappa shape index (κ1) is 67.1. The fourth-order valence-corrected chi connectivity index (χ4v) is 17.5. The second-order valence-corrected chi connectivity index (χ2v) is 28.1.